The van der Waals surface area contributed by atoms with E-state index in [1.54, 1.807) is 7.05 Å². The molecule has 1 aliphatic carbocycles. The van der Waals surface area contributed by atoms with E-state index in [2.05, 4.69) is 5.32 Å². The van der Waals surface area contributed by atoms with Gasteiger partial charge in [-0.1, -0.05) is 0 Å². The molecule has 0 aromatic carbocycles. The van der Waals surface area contributed by atoms with Crippen molar-refractivity contribution in [2.75, 3.05) is 13.7 Å². The van der Waals surface area contributed by atoms with Gasteiger partial charge in [-0.05, 0) is 19.9 Å². The molecule has 16 heteroatoms. The maximum Gasteiger partial charge on any atom is 0.189 e. The number of hydrogen-bond acceptors (Lipinski definition) is 16. The number of ether oxygens (including phenoxy) is 5. The van der Waals surface area contributed by atoms with Gasteiger partial charge in [0.15, 0.2) is 18.9 Å². The van der Waals surface area contributed by atoms with Crippen molar-refractivity contribution in [2.24, 2.45) is 22.9 Å². The van der Waals surface area contributed by atoms with Gasteiger partial charge in [-0.2, -0.15) is 0 Å². The number of aliphatic hydroxyl groups excluding tert-OH is 6. The Balaban J connectivity index is 1.43. The lowest BCUT2D eigenvalue weighted by Crippen LogP contribution is -2.70. The van der Waals surface area contributed by atoms with Crippen LogP contribution in [0.1, 0.15) is 12.8 Å². The fourth-order valence-corrected chi connectivity index (χ4v) is 5.46. The van der Waals surface area contributed by atoms with Crippen molar-refractivity contribution in [2.45, 2.75) is 117 Å². The molecule has 3 saturated heterocycles. The molecular weight excluding hydrogens is 498 g/mol. The molecule has 16 nitrogen and oxygen atoms in total. The maximum atomic E-state index is 11.1. The van der Waals surface area contributed by atoms with Crippen LogP contribution >= 0.6 is 0 Å². The van der Waals surface area contributed by atoms with Crippen molar-refractivity contribution in [3.8, 4) is 0 Å². The van der Waals surface area contributed by atoms with Crippen LogP contribution in [0.3, 0.4) is 0 Å². The SMILES string of the molecule is CNC1C(O)[C@H]2OC(OC3C(N)CC(N)C(O)[C@H]3O)[C@H](N)C[C@@H]2O[C@@H]1O[C@H]1OC(CO)[C@@H](N)C(O)C1O. The minimum absolute atomic E-state index is 0.156. The van der Waals surface area contributed by atoms with Gasteiger partial charge < -0.3 is 82.6 Å². The Morgan fingerprint density at radius 3 is 2.08 bits per heavy atom. The number of likely N-dealkylation sites (N-methyl/N-ethyl adjacent to an activating group) is 1. The first-order chi connectivity index (χ1) is 17.5. The van der Waals surface area contributed by atoms with Crippen LogP contribution in [-0.4, -0.2) is 148 Å². The van der Waals surface area contributed by atoms with Gasteiger partial charge in [0, 0.05) is 12.1 Å². The van der Waals surface area contributed by atoms with Crippen LogP contribution in [0.25, 0.3) is 0 Å². The van der Waals surface area contributed by atoms with Gasteiger partial charge in [0.25, 0.3) is 0 Å². The molecule has 0 bridgehead atoms. The van der Waals surface area contributed by atoms with E-state index in [4.69, 9.17) is 46.6 Å². The van der Waals surface area contributed by atoms with Crippen molar-refractivity contribution < 1.29 is 54.3 Å². The summed E-state index contributed by atoms with van der Waals surface area (Å²) in [6.07, 6.45) is -13.7. The monoisotopic (exact) mass is 539 g/mol. The Bertz CT molecular complexity index is 756. The first-order valence-electron chi connectivity index (χ1n) is 12.5. The molecule has 216 valence electrons. The van der Waals surface area contributed by atoms with Crippen LogP contribution < -0.4 is 28.3 Å². The van der Waals surface area contributed by atoms with E-state index < -0.39 is 111 Å². The first kappa shape index (κ1) is 29.3. The van der Waals surface area contributed by atoms with Crippen LogP contribution in [0.2, 0.25) is 0 Å². The number of fused-ring (bicyclic) bond motifs is 1. The summed E-state index contributed by atoms with van der Waals surface area (Å²) in [5, 5.41) is 64.7. The molecule has 3 aliphatic heterocycles. The second-order valence-electron chi connectivity index (χ2n) is 10.3. The van der Waals surface area contributed by atoms with Gasteiger partial charge in [0.2, 0.25) is 0 Å². The smallest absolute Gasteiger partial charge is 0.189 e. The van der Waals surface area contributed by atoms with Gasteiger partial charge in [0.1, 0.15) is 42.7 Å². The van der Waals surface area contributed by atoms with Crippen molar-refractivity contribution in [3.05, 3.63) is 0 Å². The Morgan fingerprint density at radius 1 is 0.730 bits per heavy atom. The average molecular weight is 540 g/mol. The summed E-state index contributed by atoms with van der Waals surface area (Å²) in [6, 6.07) is -4.05. The molecule has 15 N–H and O–H groups in total. The molecule has 10 unspecified atom stereocenters. The Kier molecular flexibility index (Phi) is 9.40. The molecule has 0 aromatic heterocycles. The largest absolute Gasteiger partial charge is 0.394 e. The molecule has 37 heavy (non-hydrogen) atoms. The quantitative estimate of drug-likeness (QED) is 0.149. The summed E-state index contributed by atoms with van der Waals surface area (Å²) in [4.78, 5) is 0. The van der Waals surface area contributed by atoms with E-state index in [1.165, 1.54) is 0 Å². The molecule has 1 saturated carbocycles. The van der Waals surface area contributed by atoms with Crippen LogP contribution in [0, 0.1) is 0 Å². The molecule has 3 heterocycles. The molecule has 4 fully saturated rings. The average Bonchev–Trinajstić information content (AvgIpc) is 2.86. The first-order valence-corrected chi connectivity index (χ1v) is 12.5. The molecular formula is C21H41N5O11. The number of aliphatic hydroxyl groups is 6. The highest BCUT2D eigenvalue weighted by Crippen LogP contribution is 2.35. The summed E-state index contributed by atoms with van der Waals surface area (Å²) >= 11 is 0. The zero-order chi connectivity index (χ0) is 27.2. The zero-order valence-corrected chi connectivity index (χ0v) is 20.5. The van der Waals surface area contributed by atoms with Crippen molar-refractivity contribution in [1.82, 2.24) is 5.32 Å². The molecule has 0 aromatic rings. The van der Waals surface area contributed by atoms with Gasteiger partial charge in [-0.3, -0.25) is 0 Å². The van der Waals surface area contributed by atoms with Gasteiger partial charge in [-0.15, -0.1) is 0 Å². The summed E-state index contributed by atoms with van der Waals surface area (Å²) in [6.45, 7) is -0.508. The minimum Gasteiger partial charge on any atom is -0.394 e. The van der Waals surface area contributed by atoms with Gasteiger partial charge in [0.05, 0.1) is 36.9 Å². The van der Waals surface area contributed by atoms with Gasteiger partial charge in [-0.25, -0.2) is 0 Å². The highest BCUT2D eigenvalue weighted by molar-refractivity contribution is 5.01. The lowest BCUT2D eigenvalue weighted by molar-refractivity contribution is -0.373. The van der Waals surface area contributed by atoms with E-state index in [9.17, 15) is 30.6 Å². The van der Waals surface area contributed by atoms with Gasteiger partial charge >= 0.3 is 0 Å². The van der Waals surface area contributed by atoms with Crippen molar-refractivity contribution >= 4 is 0 Å². The third kappa shape index (κ3) is 5.66. The standard InChI is InChI=1S/C21H41N5O11/c1-26-11-14(30)18-8(33-20(11)37-21-16(32)13(29)10(25)9(4-27)34-21)3-7(24)19(36-18)35-17-6(23)2-5(22)12(28)15(17)31/h5-21,26-32H,2-4,22-25H2,1H3/t5?,6?,7-,8+,9?,10-,11?,12?,13?,14?,15-,16?,17?,18+,19?,20-,21-/m1/s1. The number of nitrogens with two attached hydrogens (primary N) is 4. The Morgan fingerprint density at radius 2 is 1.43 bits per heavy atom. The molecule has 0 spiro atoms. The summed E-state index contributed by atoms with van der Waals surface area (Å²) < 4.78 is 29.2. The maximum absolute atomic E-state index is 11.1. The summed E-state index contributed by atoms with van der Waals surface area (Å²) in [5.74, 6) is 0. The molecule has 0 radical (unpaired) electrons. The third-order valence-corrected chi connectivity index (χ3v) is 7.74. The van der Waals surface area contributed by atoms with E-state index >= 15 is 0 Å². The highest BCUT2D eigenvalue weighted by Gasteiger charge is 2.54. The summed E-state index contributed by atoms with van der Waals surface area (Å²) in [7, 11) is 1.55. The van der Waals surface area contributed by atoms with E-state index in [0.29, 0.717) is 0 Å². The molecule has 17 atom stereocenters. The fraction of sp³-hybridized carbons (Fsp3) is 1.00. The van der Waals surface area contributed by atoms with Crippen LogP contribution in [-0.2, 0) is 23.7 Å². The molecule has 4 aliphatic rings. The minimum atomic E-state index is -1.54. The second kappa shape index (κ2) is 11.8. The van der Waals surface area contributed by atoms with Crippen LogP contribution in [0.5, 0.6) is 0 Å². The normalized spacial score (nSPS) is 55.1. The van der Waals surface area contributed by atoms with E-state index in [1.807, 2.05) is 0 Å². The zero-order valence-electron chi connectivity index (χ0n) is 20.5. The predicted octanol–water partition coefficient (Wildman–Crippen LogP) is -6.95. The lowest BCUT2D eigenvalue weighted by atomic mass is 9.84. The summed E-state index contributed by atoms with van der Waals surface area (Å²) in [5.41, 5.74) is 24.0. The van der Waals surface area contributed by atoms with Crippen LogP contribution in [0.4, 0.5) is 0 Å². The predicted molar refractivity (Wildman–Crippen MR) is 123 cm³/mol. The van der Waals surface area contributed by atoms with E-state index in [0.717, 1.165) is 0 Å². The highest BCUT2D eigenvalue weighted by atomic mass is 16.8. The number of rotatable bonds is 6. The van der Waals surface area contributed by atoms with Crippen molar-refractivity contribution in [1.29, 1.82) is 0 Å². The topological polar surface area (TPSA) is 284 Å². The second-order valence-corrected chi connectivity index (χ2v) is 10.3. The lowest BCUT2D eigenvalue weighted by Gasteiger charge is -2.51. The Labute approximate surface area is 213 Å². The van der Waals surface area contributed by atoms with E-state index in [-0.39, 0.29) is 12.8 Å². The third-order valence-electron chi connectivity index (χ3n) is 7.74. The van der Waals surface area contributed by atoms with Crippen LogP contribution in [0.15, 0.2) is 0 Å². The molecule has 0 amide bonds. The van der Waals surface area contributed by atoms with Crippen molar-refractivity contribution in [3.63, 3.8) is 0 Å². The molecule has 4 rings (SSSR count). The number of hydrogen-bond donors (Lipinski definition) is 11. The fourth-order valence-electron chi connectivity index (χ4n) is 5.46. The number of nitrogens with one attached hydrogen (secondary N) is 1. The Hall–Kier alpha value is -0.640.